The zero-order valence-electron chi connectivity index (χ0n) is 17.2. The number of carbonyl (C=O) groups excluding carboxylic acids is 2. The quantitative estimate of drug-likeness (QED) is 0.812. The normalized spacial score (nSPS) is 32.2. The lowest BCUT2D eigenvalue weighted by molar-refractivity contribution is -0.137. The molecular weight excluding hydrogens is 394 g/mol. The van der Waals surface area contributed by atoms with Crippen molar-refractivity contribution in [1.82, 2.24) is 10.2 Å². The van der Waals surface area contributed by atoms with Crippen molar-refractivity contribution in [2.45, 2.75) is 49.7 Å². The summed E-state index contributed by atoms with van der Waals surface area (Å²) >= 11 is 0. The average Bonchev–Trinajstić information content (AvgIpc) is 3.00. The number of amides is 2. The molecule has 1 aromatic rings. The van der Waals surface area contributed by atoms with Crippen LogP contribution in [0, 0.1) is 17.6 Å². The Morgan fingerprint density at radius 3 is 2.90 bits per heavy atom. The second-order valence-electron chi connectivity index (χ2n) is 8.67. The van der Waals surface area contributed by atoms with Crippen molar-refractivity contribution in [3.05, 3.63) is 35.4 Å². The molecule has 6 nitrogen and oxygen atoms in total. The number of methoxy groups -OCH3 is 1. The highest BCUT2D eigenvalue weighted by Gasteiger charge is 2.51. The predicted octanol–water partition coefficient (Wildman–Crippen LogP) is 2.37. The van der Waals surface area contributed by atoms with E-state index in [-0.39, 0.29) is 49.3 Å². The number of benzene rings is 1. The topological polar surface area (TPSA) is 67.9 Å². The number of likely N-dealkylation sites (tertiary alicyclic amines) is 1. The molecule has 2 heterocycles. The summed E-state index contributed by atoms with van der Waals surface area (Å²) in [5.41, 5.74) is -0.309. The summed E-state index contributed by atoms with van der Waals surface area (Å²) < 4.78 is 38.7. The van der Waals surface area contributed by atoms with Gasteiger partial charge >= 0.3 is 0 Å². The van der Waals surface area contributed by atoms with Crippen LogP contribution in [0.4, 0.5) is 8.78 Å². The van der Waals surface area contributed by atoms with Crippen LogP contribution in [-0.4, -0.2) is 61.8 Å². The molecular formula is C22H28F2N2O4. The molecule has 0 aromatic heterocycles. The number of ether oxygens (including phenoxy) is 2. The summed E-state index contributed by atoms with van der Waals surface area (Å²) in [7, 11) is 1.67. The van der Waals surface area contributed by atoms with E-state index in [2.05, 4.69) is 5.32 Å². The predicted molar refractivity (Wildman–Crippen MR) is 105 cm³/mol. The van der Waals surface area contributed by atoms with Crippen molar-refractivity contribution in [2.24, 2.45) is 5.92 Å². The molecule has 3 fully saturated rings. The fourth-order valence-corrected chi connectivity index (χ4v) is 5.14. The van der Waals surface area contributed by atoms with Gasteiger partial charge in [0.1, 0.15) is 0 Å². The number of carbonyl (C=O) groups is 2. The van der Waals surface area contributed by atoms with Crippen LogP contribution in [0.25, 0.3) is 0 Å². The molecule has 164 valence electrons. The van der Waals surface area contributed by atoms with Crippen LogP contribution < -0.4 is 5.32 Å². The highest BCUT2D eigenvalue weighted by molar-refractivity contribution is 5.81. The van der Waals surface area contributed by atoms with Crippen LogP contribution in [0.15, 0.2) is 18.2 Å². The Hall–Kier alpha value is -2.06. The van der Waals surface area contributed by atoms with Gasteiger partial charge in [-0.05, 0) is 37.0 Å². The van der Waals surface area contributed by atoms with Gasteiger partial charge < -0.3 is 19.7 Å². The largest absolute Gasteiger partial charge is 0.381 e. The van der Waals surface area contributed by atoms with Crippen LogP contribution in [0.3, 0.4) is 0 Å². The molecule has 4 atom stereocenters. The molecule has 4 rings (SSSR count). The van der Waals surface area contributed by atoms with E-state index < -0.39 is 17.2 Å². The fraction of sp³-hybridized carbons (Fsp3) is 0.636. The van der Waals surface area contributed by atoms with E-state index >= 15 is 0 Å². The Labute approximate surface area is 174 Å². The van der Waals surface area contributed by atoms with Crippen molar-refractivity contribution >= 4 is 11.8 Å². The van der Waals surface area contributed by atoms with Crippen molar-refractivity contribution < 1.29 is 27.8 Å². The molecule has 8 heteroatoms. The number of hydrogen-bond acceptors (Lipinski definition) is 4. The van der Waals surface area contributed by atoms with Gasteiger partial charge in [-0.2, -0.15) is 0 Å². The Kier molecular flexibility index (Phi) is 6.06. The zero-order valence-corrected chi connectivity index (χ0v) is 17.2. The third-order valence-corrected chi connectivity index (χ3v) is 6.73. The molecule has 3 aliphatic rings. The van der Waals surface area contributed by atoms with E-state index in [0.717, 1.165) is 31.4 Å². The van der Waals surface area contributed by atoms with Crippen molar-refractivity contribution in [2.75, 3.05) is 33.4 Å². The van der Waals surface area contributed by atoms with E-state index in [1.54, 1.807) is 12.0 Å². The van der Waals surface area contributed by atoms with Crippen LogP contribution in [0.2, 0.25) is 0 Å². The highest BCUT2D eigenvalue weighted by atomic mass is 19.2. The second-order valence-corrected chi connectivity index (χ2v) is 8.67. The van der Waals surface area contributed by atoms with Gasteiger partial charge in [0.2, 0.25) is 11.8 Å². The van der Waals surface area contributed by atoms with Crippen molar-refractivity contribution in [3.8, 4) is 0 Å². The van der Waals surface area contributed by atoms with E-state index in [0.29, 0.717) is 25.1 Å². The Morgan fingerprint density at radius 1 is 1.30 bits per heavy atom. The van der Waals surface area contributed by atoms with Gasteiger partial charge in [-0.3, -0.25) is 9.59 Å². The third-order valence-electron chi connectivity index (χ3n) is 6.73. The summed E-state index contributed by atoms with van der Waals surface area (Å²) in [6.07, 6.45) is 3.68. The molecule has 1 spiro atoms. The SMILES string of the molecule is COC1CCCC(C(=O)N2C[C@@H](c3ccc(F)c(F)c3)[C@@]3(COCCC(=O)N3)C2)C1. The maximum absolute atomic E-state index is 14.0. The lowest BCUT2D eigenvalue weighted by Gasteiger charge is -2.34. The van der Waals surface area contributed by atoms with Crippen LogP contribution in [0.1, 0.15) is 43.6 Å². The maximum Gasteiger partial charge on any atom is 0.225 e. The number of nitrogens with one attached hydrogen (secondary N) is 1. The van der Waals surface area contributed by atoms with E-state index in [4.69, 9.17) is 9.47 Å². The van der Waals surface area contributed by atoms with E-state index in [9.17, 15) is 18.4 Å². The van der Waals surface area contributed by atoms with Crippen molar-refractivity contribution in [3.63, 3.8) is 0 Å². The molecule has 0 bridgehead atoms. The van der Waals surface area contributed by atoms with Gasteiger partial charge in [-0.25, -0.2) is 8.78 Å². The van der Waals surface area contributed by atoms with Crippen LogP contribution >= 0.6 is 0 Å². The van der Waals surface area contributed by atoms with Gasteiger partial charge in [-0.15, -0.1) is 0 Å². The first-order chi connectivity index (χ1) is 14.4. The second kappa shape index (κ2) is 8.59. The zero-order chi connectivity index (χ0) is 21.3. The number of halogens is 2. The highest BCUT2D eigenvalue weighted by Crippen LogP contribution is 2.39. The number of nitrogens with zero attached hydrogens (tertiary/aromatic N) is 1. The summed E-state index contributed by atoms with van der Waals surface area (Å²) in [4.78, 5) is 27.4. The summed E-state index contributed by atoms with van der Waals surface area (Å²) in [6.45, 7) is 1.12. The van der Waals surface area contributed by atoms with Crippen LogP contribution in [0.5, 0.6) is 0 Å². The lowest BCUT2D eigenvalue weighted by atomic mass is 9.82. The summed E-state index contributed by atoms with van der Waals surface area (Å²) in [6, 6.07) is 3.78. The molecule has 1 aromatic carbocycles. The standard InChI is InChI=1S/C22H28F2N2O4/c1-29-16-4-2-3-15(9-16)21(28)26-11-17(14-5-6-18(23)19(24)10-14)22(12-26)13-30-8-7-20(27)25-22/h5-6,10,15-17H,2-4,7-9,11-13H2,1H3,(H,25,27)/t15?,16?,17-,22-/m0/s1. The van der Waals surface area contributed by atoms with Crippen molar-refractivity contribution in [1.29, 1.82) is 0 Å². The molecule has 2 saturated heterocycles. The van der Waals surface area contributed by atoms with Gasteiger partial charge in [-0.1, -0.05) is 12.5 Å². The van der Waals surface area contributed by atoms with E-state index in [1.807, 2.05) is 0 Å². The Morgan fingerprint density at radius 2 is 2.13 bits per heavy atom. The molecule has 2 aliphatic heterocycles. The molecule has 30 heavy (non-hydrogen) atoms. The minimum absolute atomic E-state index is 0.0275. The first kappa shape index (κ1) is 21.2. The Balaban J connectivity index is 1.62. The number of hydrogen-bond donors (Lipinski definition) is 1. The lowest BCUT2D eigenvalue weighted by Crippen LogP contribution is -2.56. The monoisotopic (exact) mass is 422 g/mol. The van der Waals surface area contributed by atoms with E-state index in [1.165, 1.54) is 6.07 Å². The van der Waals surface area contributed by atoms with Crippen LogP contribution in [-0.2, 0) is 19.1 Å². The minimum atomic E-state index is -0.941. The Bertz CT molecular complexity index is 820. The number of rotatable bonds is 3. The van der Waals surface area contributed by atoms with Gasteiger partial charge in [0, 0.05) is 38.5 Å². The summed E-state index contributed by atoms with van der Waals surface area (Å²) in [5, 5.41) is 3.05. The fourth-order valence-electron chi connectivity index (χ4n) is 5.14. The third kappa shape index (κ3) is 4.07. The molecule has 1 N–H and O–H groups in total. The van der Waals surface area contributed by atoms with Gasteiger partial charge in [0.05, 0.1) is 24.9 Å². The van der Waals surface area contributed by atoms with Gasteiger partial charge in [0.15, 0.2) is 11.6 Å². The van der Waals surface area contributed by atoms with Gasteiger partial charge in [0.25, 0.3) is 0 Å². The molecule has 0 radical (unpaired) electrons. The summed E-state index contributed by atoms with van der Waals surface area (Å²) in [5.74, 6) is -2.52. The smallest absolute Gasteiger partial charge is 0.225 e. The molecule has 1 aliphatic carbocycles. The average molecular weight is 422 g/mol. The first-order valence-electron chi connectivity index (χ1n) is 10.6. The molecule has 2 amide bonds. The minimum Gasteiger partial charge on any atom is -0.381 e. The first-order valence-corrected chi connectivity index (χ1v) is 10.6. The maximum atomic E-state index is 14.0. The molecule has 2 unspecified atom stereocenters. The molecule has 1 saturated carbocycles.